The van der Waals surface area contributed by atoms with E-state index >= 15 is 0 Å². The highest BCUT2D eigenvalue weighted by Crippen LogP contribution is 2.31. The number of nitrogens with one attached hydrogen (secondary N) is 1. The van der Waals surface area contributed by atoms with Crippen molar-refractivity contribution < 1.29 is 9.59 Å². The van der Waals surface area contributed by atoms with Crippen LogP contribution in [0.4, 0.5) is 11.4 Å². The number of hydrogen-bond donors (Lipinski definition) is 1. The molecule has 0 atom stereocenters. The van der Waals surface area contributed by atoms with E-state index in [0.717, 1.165) is 23.4 Å². The van der Waals surface area contributed by atoms with Gasteiger partial charge in [0.05, 0.1) is 5.75 Å². The Hall–Kier alpha value is -1.49. The van der Waals surface area contributed by atoms with Gasteiger partial charge in [0.25, 0.3) is 0 Å². The van der Waals surface area contributed by atoms with Crippen molar-refractivity contribution in [2.75, 3.05) is 22.5 Å². The van der Waals surface area contributed by atoms with Crippen LogP contribution in [0.15, 0.2) is 18.2 Å². The number of nitrogens with zero attached hydrogens (tertiary/aromatic N) is 1. The van der Waals surface area contributed by atoms with Gasteiger partial charge in [-0.2, -0.15) is 0 Å². The molecule has 0 aromatic heterocycles. The number of aryl methyl sites for hydroxylation is 1. The highest BCUT2D eigenvalue weighted by Gasteiger charge is 2.23. The number of benzene rings is 1. The number of fused-ring (bicyclic) bond motifs is 1. The van der Waals surface area contributed by atoms with Crippen molar-refractivity contribution in [3.63, 3.8) is 0 Å². The third-order valence-electron chi connectivity index (χ3n) is 4.63. The minimum absolute atomic E-state index is 0.0704. The van der Waals surface area contributed by atoms with Gasteiger partial charge in [-0.15, -0.1) is 11.8 Å². The van der Waals surface area contributed by atoms with Crippen molar-refractivity contribution in [2.24, 2.45) is 0 Å². The van der Waals surface area contributed by atoms with Crippen molar-refractivity contribution in [1.82, 2.24) is 0 Å². The molecule has 0 bridgehead atoms. The Morgan fingerprint density at radius 3 is 2.83 bits per heavy atom. The normalized spacial score (nSPS) is 18.1. The molecule has 1 aromatic rings. The van der Waals surface area contributed by atoms with Crippen LogP contribution < -0.4 is 10.2 Å². The molecule has 3 rings (SSSR count). The Balaban J connectivity index is 1.60. The van der Waals surface area contributed by atoms with Crippen LogP contribution in [-0.4, -0.2) is 29.4 Å². The Bertz CT molecular complexity index is 597. The summed E-state index contributed by atoms with van der Waals surface area (Å²) in [5.74, 6) is 0.784. The first-order chi connectivity index (χ1) is 11.2. The number of hydrogen-bond acceptors (Lipinski definition) is 3. The maximum absolute atomic E-state index is 12.1. The average Bonchev–Trinajstić information content (AvgIpc) is 3.06. The minimum Gasteiger partial charge on any atom is -0.325 e. The zero-order valence-corrected chi connectivity index (χ0v) is 14.5. The highest BCUT2D eigenvalue weighted by atomic mass is 32.2. The fourth-order valence-corrected chi connectivity index (χ4v) is 4.56. The highest BCUT2D eigenvalue weighted by molar-refractivity contribution is 8.00. The zero-order chi connectivity index (χ0) is 16.2. The summed E-state index contributed by atoms with van der Waals surface area (Å²) in [6, 6.07) is 5.87. The molecule has 124 valence electrons. The molecule has 0 unspecified atom stereocenters. The lowest BCUT2D eigenvalue weighted by Gasteiger charge is -2.28. The van der Waals surface area contributed by atoms with Crippen LogP contribution in [0.5, 0.6) is 0 Å². The van der Waals surface area contributed by atoms with Crippen LogP contribution in [-0.2, 0) is 16.0 Å². The van der Waals surface area contributed by atoms with Crippen LogP contribution in [0.1, 0.15) is 44.6 Å². The first-order valence-electron chi connectivity index (χ1n) is 8.52. The SMILES string of the molecule is CCN1C(=O)CCc2cc(NC(=O)CSC3CCCC3)ccc21. The summed E-state index contributed by atoms with van der Waals surface area (Å²) in [4.78, 5) is 25.8. The lowest BCUT2D eigenvalue weighted by Crippen LogP contribution is -2.34. The Morgan fingerprint density at radius 1 is 1.30 bits per heavy atom. The topological polar surface area (TPSA) is 49.4 Å². The van der Waals surface area contributed by atoms with E-state index in [0.29, 0.717) is 24.0 Å². The van der Waals surface area contributed by atoms with E-state index in [1.807, 2.05) is 30.0 Å². The van der Waals surface area contributed by atoms with Crippen LogP contribution >= 0.6 is 11.8 Å². The van der Waals surface area contributed by atoms with Gasteiger partial charge in [0.1, 0.15) is 0 Å². The fourth-order valence-electron chi connectivity index (χ4n) is 3.43. The van der Waals surface area contributed by atoms with E-state index in [4.69, 9.17) is 0 Å². The van der Waals surface area contributed by atoms with Crippen LogP contribution in [0.3, 0.4) is 0 Å². The van der Waals surface area contributed by atoms with Gasteiger partial charge in [-0.3, -0.25) is 9.59 Å². The van der Waals surface area contributed by atoms with E-state index < -0.39 is 0 Å². The van der Waals surface area contributed by atoms with Crippen LogP contribution in [0.2, 0.25) is 0 Å². The summed E-state index contributed by atoms with van der Waals surface area (Å²) >= 11 is 1.78. The maximum Gasteiger partial charge on any atom is 0.234 e. The largest absolute Gasteiger partial charge is 0.325 e. The molecule has 1 N–H and O–H groups in total. The number of carbonyl (C=O) groups excluding carboxylic acids is 2. The second-order valence-electron chi connectivity index (χ2n) is 6.25. The molecule has 1 fully saturated rings. The molecule has 5 heteroatoms. The molecule has 1 saturated carbocycles. The van der Waals surface area contributed by atoms with Crippen LogP contribution in [0.25, 0.3) is 0 Å². The van der Waals surface area contributed by atoms with Crippen molar-refractivity contribution in [2.45, 2.75) is 50.7 Å². The average molecular weight is 332 g/mol. The quantitative estimate of drug-likeness (QED) is 0.896. The third-order valence-corrected chi connectivity index (χ3v) is 6.00. The number of amides is 2. The summed E-state index contributed by atoms with van der Waals surface area (Å²) in [7, 11) is 0. The molecule has 2 amide bonds. The summed E-state index contributed by atoms with van der Waals surface area (Å²) in [5.41, 5.74) is 2.97. The van der Waals surface area contributed by atoms with Crippen molar-refractivity contribution in [1.29, 1.82) is 0 Å². The first kappa shape index (κ1) is 16.4. The van der Waals surface area contributed by atoms with Gasteiger partial charge >= 0.3 is 0 Å². The van der Waals surface area contributed by atoms with E-state index in [1.165, 1.54) is 25.7 Å². The van der Waals surface area contributed by atoms with Gasteiger partial charge in [0, 0.05) is 29.6 Å². The summed E-state index contributed by atoms with van der Waals surface area (Å²) in [6.07, 6.45) is 6.41. The zero-order valence-electron chi connectivity index (χ0n) is 13.6. The first-order valence-corrected chi connectivity index (χ1v) is 9.57. The smallest absolute Gasteiger partial charge is 0.234 e. The predicted molar refractivity (Wildman–Crippen MR) is 96.1 cm³/mol. The van der Waals surface area contributed by atoms with Gasteiger partial charge < -0.3 is 10.2 Å². The number of thioether (sulfide) groups is 1. The summed E-state index contributed by atoms with van der Waals surface area (Å²) in [5, 5.41) is 3.66. The Kier molecular flexibility index (Phi) is 5.26. The molecule has 1 heterocycles. The van der Waals surface area contributed by atoms with Gasteiger partial charge in [0.2, 0.25) is 11.8 Å². The Labute approximate surface area is 142 Å². The van der Waals surface area contributed by atoms with E-state index in [-0.39, 0.29) is 11.8 Å². The van der Waals surface area contributed by atoms with Gasteiger partial charge in [-0.1, -0.05) is 12.8 Å². The lowest BCUT2D eigenvalue weighted by molar-refractivity contribution is -0.119. The van der Waals surface area contributed by atoms with Gasteiger partial charge in [-0.25, -0.2) is 0 Å². The second kappa shape index (κ2) is 7.39. The second-order valence-corrected chi connectivity index (χ2v) is 7.54. The van der Waals surface area contributed by atoms with E-state index in [9.17, 15) is 9.59 Å². The molecule has 0 radical (unpaired) electrons. The molecule has 1 aromatic carbocycles. The molecule has 2 aliphatic rings. The maximum atomic E-state index is 12.1. The standard InChI is InChI=1S/C18H24N2O2S/c1-2-20-16-9-8-14(11-13(16)7-10-18(20)22)19-17(21)12-23-15-5-3-4-6-15/h8-9,11,15H,2-7,10,12H2,1H3,(H,19,21). The molecule has 0 saturated heterocycles. The van der Waals surface area contributed by atoms with Gasteiger partial charge in [-0.05, 0) is 49.9 Å². The monoisotopic (exact) mass is 332 g/mol. The molecule has 0 spiro atoms. The van der Waals surface area contributed by atoms with Crippen molar-refractivity contribution >= 4 is 35.0 Å². The van der Waals surface area contributed by atoms with Crippen molar-refractivity contribution in [3.05, 3.63) is 23.8 Å². The molecular formula is C18H24N2O2S. The Morgan fingerprint density at radius 2 is 2.09 bits per heavy atom. The summed E-state index contributed by atoms with van der Waals surface area (Å²) < 4.78 is 0. The number of rotatable bonds is 5. The van der Waals surface area contributed by atoms with Crippen LogP contribution in [0, 0.1) is 0 Å². The number of carbonyl (C=O) groups is 2. The molecule has 1 aliphatic heterocycles. The molecule has 23 heavy (non-hydrogen) atoms. The van der Waals surface area contributed by atoms with Crippen molar-refractivity contribution in [3.8, 4) is 0 Å². The predicted octanol–water partition coefficient (Wildman–Crippen LogP) is 3.60. The lowest BCUT2D eigenvalue weighted by atomic mass is 10.0. The van der Waals surface area contributed by atoms with E-state index in [1.54, 1.807) is 11.8 Å². The minimum atomic E-state index is 0.0704. The van der Waals surface area contributed by atoms with Gasteiger partial charge in [0.15, 0.2) is 0 Å². The fraction of sp³-hybridized carbons (Fsp3) is 0.556. The third kappa shape index (κ3) is 3.89. The molecular weight excluding hydrogens is 308 g/mol. The molecule has 1 aliphatic carbocycles. The van der Waals surface area contributed by atoms with E-state index in [2.05, 4.69) is 5.32 Å². The summed E-state index contributed by atoms with van der Waals surface area (Å²) in [6.45, 7) is 2.68. The number of anilines is 2. The molecule has 4 nitrogen and oxygen atoms in total.